The fourth-order valence-corrected chi connectivity index (χ4v) is 6.52. The van der Waals surface area contributed by atoms with E-state index in [0.717, 1.165) is 50.4 Å². The van der Waals surface area contributed by atoms with Crippen molar-refractivity contribution in [1.82, 2.24) is 14.5 Å². The van der Waals surface area contributed by atoms with Gasteiger partial charge in [-0.2, -0.15) is 0 Å². The van der Waals surface area contributed by atoms with E-state index in [9.17, 15) is 0 Å². The average Bonchev–Trinajstić information content (AvgIpc) is 3.51. The summed E-state index contributed by atoms with van der Waals surface area (Å²) >= 11 is 0. The van der Waals surface area contributed by atoms with Crippen LogP contribution in [0.15, 0.2) is 121 Å². The van der Waals surface area contributed by atoms with Crippen LogP contribution < -0.4 is 4.74 Å². The molecule has 7 aromatic rings. The summed E-state index contributed by atoms with van der Waals surface area (Å²) in [5.41, 5.74) is 11.6. The van der Waals surface area contributed by atoms with E-state index in [-0.39, 0.29) is 26.5 Å². The van der Waals surface area contributed by atoms with E-state index >= 15 is 0 Å². The molecule has 0 unspecified atom stereocenters. The molecular weight excluding hydrogens is 806 g/mol. The van der Waals surface area contributed by atoms with E-state index in [0.29, 0.717) is 23.3 Å². The Bertz CT molecular complexity index is 2270. The van der Waals surface area contributed by atoms with Crippen molar-refractivity contribution in [3.63, 3.8) is 0 Å². The molecule has 0 spiro atoms. The Morgan fingerprint density at radius 3 is 2.02 bits per heavy atom. The van der Waals surface area contributed by atoms with E-state index < -0.39 is 0 Å². The summed E-state index contributed by atoms with van der Waals surface area (Å²) in [6.07, 6.45) is 1.86. The molecule has 0 aliphatic rings. The first-order valence-corrected chi connectivity index (χ1v) is 17.5. The van der Waals surface area contributed by atoms with Gasteiger partial charge in [0.2, 0.25) is 0 Å². The van der Waals surface area contributed by atoms with Gasteiger partial charge in [0.25, 0.3) is 0 Å². The van der Waals surface area contributed by atoms with Gasteiger partial charge in [-0.25, -0.2) is 0 Å². The summed E-state index contributed by atoms with van der Waals surface area (Å²) in [7, 11) is 0. The van der Waals surface area contributed by atoms with E-state index in [2.05, 4.69) is 150 Å². The third kappa shape index (κ3) is 7.48. The first-order valence-electron chi connectivity index (χ1n) is 17.5. The smallest absolute Gasteiger partial charge is 0.497 e. The number of hydrogen-bond donors (Lipinski definition) is 0. The maximum Gasteiger partial charge on any atom is 2.00 e. The van der Waals surface area contributed by atoms with E-state index in [4.69, 9.17) is 14.7 Å². The van der Waals surface area contributed by atoms with Gasteiger partial charge in [-0.15, -0.1) is 41.0 Å². The van der Waals surface area contributed by atoms with Crippen LogP contribution >= 0.6 is 0 Å². The molecule has 0 radical (unpaired) electrons. The first-order chi connectivity index (χ1) is 24.1. The second kappa shape index (κ2) is 14.8. The molecule has 5 heteroatoms. The van der Waals surface area contributed by atoms with Crippen LogP contribution in [-0.4, -0.2) is 14.5 Å². The Morgan fingerprint density at radius 2 is 1.31 bits per heavy atom. The number of hydrogen-bond acceptors (Lipinski definition) is 3. The summed E-state index contributed by atoms with van der Waals surface area (Å²) < 4.78 is 8.95. The van der Waals surface area contributed by atoms with Gasteiger partial charge in [-0.3, -0.25) is 4.98 Å². The number of nitrogens with zero attached hydrogens (tertiary/aromatic N) is 3. The van der Waals surface area contributed by atoms with Crippen LogP contribution in [0.1, 0.15) is 77.0 Å². The standard InChI is InChI=1S/C46H43N3O.Pt/c1-30(2)39-19-14-20-40(31(3)4)44(39)49-43-22-12-11-21-41(43)48-45(49)34-17-13-18-37(26-34)50-38-27-35(25-36(29-38)46(5,6)7)42-28-33(23-24-47-42)32-15-9-8-10-16-32;/h8-25,28-31H,1-7H3;/q-2;+2. The van der Waals surface area contributed by atoms with Crippen LogP contribution in [0.3, 0.4) is 0 Å². The SMILES string of the molecule is CC(C)c1cccc(C(C)C)c1-n1c(-c2[c-]c(Oc3[c-]c(-c4cc(-c5ccccc5)ccn4)cc(C(C)(C)C)c3)ccc2)nc2ccccc21.[Pt+2]. The van der Waals surface area contributed by atoms with Gasteiger partial charge in [0.15, 0.2) is 0 Å². The normalized spacial score (nSPS) is 11.6. The summed E-state index contributed by atoms with van der Waals surface area (Å²) in [6, 6.07) is 47.0. The van der Waals surface area contributed by atoms with Crippen LogP contribution in [0.2, 0.25) is 0 Å². The van der Waals surface area contributed by atoms with Gasteiger partial charge in [0, 0.05) is 23.4 Å². The van der Waals surface area contributed by atoms with Crippen molar-refractivity contribution in [1.29, 1.82) is 0 Å². The van der Waals surface area contributed by atoms with Crippen molar-refractivity contribution in [3.05, 3.63) is 150 Å². The van der Waals surface area contributed by atoms with E-state index in [1.165, 1.54) is 16.8 Å². The van der Waals surface area contributed by atoms with Crippen LogP contribution in [0.5, 0.6) is 11.5 Å². The number of pyridine rings is 1. The molecule has 2 aromatic heterocycles. The molecule has 0 aliphatic carbocycles. The second-order valence-electron chi connectivity index (χ2n) is 14.6. The van der Waals surface area contributed by atoms with Gasteiger partial charge < -0.3 is 14.3 Å². The predicted molar refractivity (Wildman–Crippen MR) is 206 cm³/mol. The molecule has 0 amide bonds. The average molecular weight is 849 g/mol. The third-order valence-electron chi connectivity index (χ3n) is 9.21. The largest absolute Gasteiger partial charge is 2.00 e. The Balaban J connectivity index is 0.00000448. The number of imidazole rings is 1. The second-order valence-corrected chi connectivity index (χ2v) is 14.6. The molecule has 2 heterocycles. The van der Waals surface area contributed by atoms with Gasteiger partial charge in [-0.05, 0) is 63.4 Å². The maximum absolute atomic E-state index is 6.62. The van der Waals surface area contributed by atoms with Gasteiger partial charge in [0.1, 0.15) is 0 Å². The molecule has 0 aliphatic heterocycles. The van der Waals surface area contributed by atoms with Gasteiger partial charge >= 0.3 is 21.1 Å². The number of para-hydroxylation sites is 3. The van der Waals surface area contributed by atoms with Crippen LogP contribution in [-0.2, 0) is 26.5 Å². The minimum Gasteiger partial charge on any atom is -0.497 e. The van der Waals surface area contributed by atoms with Crippen LogP contribution in [0.25, 0.3) is 50.5 Å². The molecule has 258 valence electrons. The molecule has 0 atom stereocenters. The molecule has 4 nitrogen and oxygen atoms in total. The topological polar surface area (TPSA) is 39.9 Å². The Morgan fingerprint density at radius 1 is 0.647 bits per heavy atom. The van der Waals surface area contributed by atoms with E-state index in [1.54, 1.807) is 0 Å². The molecular formula is C46H43N3OPt. The monoisotopic (exact) mass is 848 g/mol. The zero-order chi connectivity index (χ0) is 35.0. The van der Waals surface area contributed by atoms with Crippen LogP contribution in [0.4, 0.5) is 0 Å². The number of benzene rings is 5. The molecule has 0 saturated carbocycles. The zero-order valence-corrected chi connectivity index (χ0v) is 32.5. The Hall–Kier alpha value is -4.79. The van der Waals surface area contributed by atoms with Crippen molar-refractivity contribution in [2.75, 3.05) is 0 Å². The minimum atomic E-state index is -0.118. The van der Waals surface area contributed by atoms with Crippen molar-refractivity contribution in [3.8, 4) is 51.0 Å². The molecule has 51 heavy (non-hydrogen) atoms. The molecule has 0 fully saturated rings. The molecule has 5 aromatic carbocycles. The molecule has 0 saturated heterocycles. The summed E-state index contributed by atoms with van der Waals surface area (Å²) in [4.78, 5) is 9.95. The third-order valence-corrected chi connectivity index (χ3v) is 9.21. The maximum atomic E-state index is 6.62. The van der Waals surface area contributed by atoms with Gasteiger partial charge in [0.05, 0.1) is 16.9 Å². The fourth-order valence-electron chi connectivity index (χ4n) is 6.52. The summed E-state index contributed by atoms with van der Waals surface area (Å²) in [5, 5.41) is 0. The number of aromatic nitrogens is 3. The number of fused-ring (bicyclic) bond motifs is 1. The first kappa shape index (κ1) is 36.0. The number of rotatable bonds is 8. The van der Waals surface area contributed by atoms with Crippen molar-refractivity contribution in [2.24, 2.45) is 0 Å². The van der Waals surface area contributed by atoms with E-state index in [1.807, 2.05) is 36.5 Å². The molecule has 7 rings (SSSR count). The van der Waals surface area contributed by atoms with Crippen molar-refractivity contribution in [2.45, 2.75) is 65.7 Å². The predicted octanol–water partition coefficient (Wildman–Crippen LogP) is 12.4. The van der Waals surface area contributed by atoms with Crippen molar-refractivity contribution >= 4 is 11.0 Å². The summed E-state index contributed by atoms with van der Waals surface area (Å²) in [6.45, 7) is 15.7. The Labute approximate surface area is 316 Å². The summed E-state index contributed by atoms with van der Waals surface area (Å²) in [5.74, 6) is 2.72. The number of ether oxygens (including phenoxy) is 1. The molecule has 0 bridgehead atoms. The minimum absolute atomic E-state index is 0. The van der Waals surface area contributed by atoms with Crippen molar-refractivity contribution < 1.29 is 25.8 Å². The molecule has 0 N–H and O–H groups in total. The quantitative estimate of drug-likeness (QED) is 0.143. The van der Waals surface area contributed by atoms with Gasteiger partial charge in [-0.1, -0.05) is 133 Å². The zero-order valence-electron chi connectivity index (χ0n) is 30.3. The van der Waals surface area contributed by atoms with Crippen LogP contribution in [0, 0.1) is 12.1 Å². The fraction of sp³-hybridized carbons (Fsp3) is 0.217. The Kier molecular flexibility index (Phi) is 10.5.